The Bertz CT molecular complexity index is 1270. The lowest BCUT2D eigenvalue weighted by atomic mass is 10.1. The number of morpholine rings is 1. The Balaban J connectivity index is 1.52. The third kappa shape index (κ3) is 3.94. The molecule has 4 aromatic rings. The van der Waals surface area contributed by atoms with Gasteiger partial charge in [0, 0.05) is 60.4 Å². The molecule has 0 amide bonds. The highest BCUT2D eigenvalue weighted by Crippen LogP contribution is 2.40. The second-order valence-corrected chi connectivity index (χ2v) is 7.98. The minimum absolute atomic E-state index is 0.467. The summed E-state index contributed by atoms with van der Waals surface area (Å²) >= 11 is 6.57. The predicted molar refractivity (Wildman–Crippen MR) is 126 cm³/mol. The van der Waals surface area contributed by atoms with Crippen molar-refractivity contribution in [3.63, 3.8) is 0 Å². The maximum absolute atomic E-state index is 6.57. The van der Waals surface area contributed by atoms with Gasteiger partial charge in [-0.3, -0.25) is 4.68 Å². The molecule has 5 rings (SSSR count). The van der Waals surface area contributed by atoms with Crippen molar-refractivity contribution in [3.8, 4) is 16.9 Å². The van der Waals surface area contributed by atoms with Crippen LogP contribution in [0.4, 0.5) is 17.3 Å². The fourth-order valence-corrected chi connectivity index (χ4v) is 4.15. The Labute approximate surface area is 190 Å². The molecule has 0 unspecified atom stereocenters. The molecule has 1 aliphatic rings. The zero-order valence-electron chi connectivity index (χ0n) is 17.9. The molecule has 8 nitrogen and oxygen atoms in total. The van der Waals surface area contributed by atoms with E-state index in [1.54, 1.807) is 24.2 Å². The summed E-state index contributed by atoms with van der Waals surface area (Å²) in [5.41, 5.74) is 4.41. The Kier molecular flexibility index (Phi) is 5.55. The summed E-state index contributed by atoms with van der Waals surface area (Å²) in [5, 5.41) is 8.86. The molecule has 1 fully saturated rings. The standard InChI is InChI=1S/C23H23ClN6O2/c1-29-14-15(12-26-29)18-11-20(24)19-13-25-23(28-21(19)22(18)31-2)27-16-4-3-5-17(10-16)30-6-8-32-9-7-30/h3-5,10-14H,6-9H2,1-2H3,(H,25,27,28). The number of halogens is 1. The van der Waals surface area contributed by atoms with Gasteiger partial charge in [0.25, 0.3) is 0 Å². The van der Waals surface area contributed by atoms with Crippen molar-refractivity contribution >= 4 is 39.8 Å². The van der Waals surface area contributed by atoms with Gasteiger partial charge in [-0.2, -0.15) is 5.10 Å². The first kappa shape index (κ1) is 20.5. The third-order valence-electron chi connectivity index (χ3n) is 5.48. The minimum atomic E-state index is 0.467. The monoisotopic (exact) mass is 450 g/mol. The molecule has 1 N–H and O–H groups in total. The van der Waals surface area contributed by atoms with Crippen LogP contribution in [-0.2, 0) is 11.8 Å². The molecule has 0 saturated carbocycles. The Hall–Kier alpha value is -3.36. The number of ether oxygens (including phenoxy) is 2. The quantitative estimate of drug-likeness (QED) is 0.486. The van der Waals surface area contributed by atoms with E-state index in [-0.39, 0.29) is 0 Å². The molecule has 3 heterocycles. The summed E-state index contributed by atoms with van der Waals surface area (Å²) in [6.45, 7) is 3.24. The van der Waals surface area contributed by atoms with Crippen molar-refractivity contribution in [2.24, 2.45) is 7.05 Å². The van der Waals surface area contributed by atoms with Crippen molar-refractivity contribution in [2.75, 3.05) is 43.6 Å². The van der Waals surface area contributed by atoms with Gasteiger partial charge in [0.05, 0.1) is 31.5 Å². The summed E-state index contributed by atoms with van der Waals surface area (Å²) in [7, 11) is 3.50. The topological polar surface area (TPSA) is 77.3 Å². The molecular weight excluding hydrogens is 428 g/mol. The highest BCUT2D eigenvalue weighted by Gasteiger charge is 2.17. The number of nitrogens with zero attached hydrogens (tertiary/aromatic N) is 5. The molecule has 0 spiro atoms. The van der Waals surface area contributed by atoms with Gasteiger partial charge in [-0.25, -0.2) is 9.97 Å². The van der Waals surface area contributed by atoms with Gasteiger partial charge in [0.2, 0.25) is 5.95 Å². The first-order valence-corrected chi connectivity index (χ1v) is 10.7. The number of hydrogen-bond donors (Lipinski definition) is 1. The number of hydrogen-bond acceptors (Lipinski definition) is 7. The summed E-state index contributed by atoms with van der Waals surface area (Å²) in [6, 6.07) is 10.1. The van der Waals surface area contributed by atoms with Crippen molar-refractivity contribution in [1.82, 2.24) is 19.7 Å². The molecular formula is C23H23ClN6O2. The van der Waals surface area contributed by atoms with Crippen LogP contribution in [0.2, 0.25) is 5.02 Å². The molecule has 0 bridgehead atoms. The normalized spacial score (nSPS) is 14.0. The van der Waals surface area contributed by atoms with Crippen LogP contribution >= 0.6 is 11.6 Å². The number of rotatable bonds is 5. The van der Waals surface area contributed by atoms with Gasteiger partial charge in [-0.15, -0.1) is 0 Å². The maximum Gasteiger partial charge on any atom is 0.227 e. The summed E-state index contributed by atoms with van der Waals surface area (Å²) in [4.78, 5) is 11.5. The first-order chi connectivity index (χ1) is 15.6. The molecule has 9 heteroatoms. The van der Waals surface area contributed by atoms with E-state index in [1.165, 1.54) is 0 Å². The molecule has 1 aliphatic heterocycles. The Morgan fingerprint density at radius 1 is 1.16 bits per heavy atom. The minimum Gasteiger partial charge on any atom is -0.494 e. The largest absolute Gasteiger partial charge is 0.494 e. The third-order valence-corrected chi connectivity index (χ3v) is 5.79. The number of aromatic nitrogens is 4. The van der Waals surface area contributed by atoms with E-state index in [0.717, 1.165) is 54.2 Å². The van der Waals surface area contributed by atoms with E-state index in [9.17, 15) is 0 Å². The number of nitrogens with one attached hydrogen (secondary N) is 1. The van der Waals surface area contributed by atoms with Crippen LogP contribution in [0.5, 0.6) is 5.75 Å². The van der Waals surface area contributed by atoms with E-state index >= 15 is 0 Å². The molecule has 1 saturated heterocycles. The van der Waals surface area contributed by atoms with Gasteiger partial charge < -0.3 is 19.7 Å². The lowest BCUT2D eigenvalue weighted by molar-refractivity contribution is 0.122. The molecule has 0 aliphatic carbocycles. The van der Waals surface area contributed by atoms with Gasteiger partial charge in [0.1, 0.15) is 5.52 Å². The lowest BCUT2D eigenvalue weighted by Gasteiger charge is -2.29. The van der Waals surface area contributed by atoms with Gasteiger partial charge in [-0.05, 0) is 24.3 Å². The highest BCUT2D eigenvalue weighted by atomic mass is 35.5. The van der Waals surface area contributed by atoms with Crippen molar-refractivity contribution in [2.45, 2.75) is 0 Å². The average molecular weight is 451 g/mol. The number of methoxy groups -OCH3 is 1. The molecule has 0 atom stereocenters. The van der Waals surface area contributed by atoms with Crippen LogP contribution in [0.15, 0.2) is 48.9 Å². The van der Waals surface area contributed by atoms with Gasteiger partial charge >= 0.3 is 0 Å². The number of fused-ring (bicyclic) bond motifs is 1. The van der Waals surface area contributed by atoms with Crippen LogP contribution in [0.25, 0.3) is 22.0 Å². The second-order valence-electron chi connectivity index (χ2n) is 7.57. The zero-order chi connectivity index (χ0) is 22.1. The maximum atomic E-state index is 6.57. The fraction of sp³-hybridized carbons (Fsp3) is 0.261. The summed E-state index contributed by atoms with van der Waals surface area (Å²) in [5.74, 6) is 1.10. The number of aryl methyl sites for hydroxylation is 1. The molecule has 164 valence electrons. The van der Waals surface area contributed by atoms with E-state index < -0.39 is 0 Å². The van der Waals surface area contributed by atoms with Gasteiger partial charge in [-0.1, -0.05) is 17.7 Å². The fourth-order valence-electron chi connectivity index (χ4n) is 3.90. The lowest BCUT2D eigenvalue weighted by Crippen LogP contribution is -2.36. The molecule has 2 aromatic heterocycles. The van der Waals surface area contributed by atoms with Crippen LogP contribution in [-0.4, -0.2) is 53.2 Å². The molecule has 2 aromatic carbocycles. The first-order valence-electron chi connectivity index (χ1n) is 10.3. The van der Waals surface area contributed by atoms with Crippen LogP contribution in [0.3, 0.4) is 0 Å². The molecule has 0 radical (unpaired) electrons. The SMILES string of the molecule is COc1c(-c2cnn(C)c2)cc(Cl)c2cnc(Nc3cccc(N4CCOCC4)c3)nc12. The Morgan fingerprint density at radius 2 is 2.00 bits per heavy atom. The summed E-state index contributed by atoms with van der Waals surface area (Å²) < 4.78 is 12.9. The van der Waals surface area contributed by atoms with E-state index in [0.29, 0.717) is 22.2 Å². The number of benzene rings is 2. The zero-order valence-corrected chi connectivity index (χ0v) is 18.6. The predicted octanol–water partition coefficient (Wildman–Crippen LogP) is 4.27. The van der Waals surface area contributed by atoms with E-state index in [1.807, 2.05) is 31.4 Å². The van der Waals surface area contributed by atoms with Crippen molar-refractivity contribution < 1.29 is 9.47 Å². The Morgan fingerprint density at radius 3 is 2.75 bits per heavy atom. The molecule has 32 heavy (non-hydrogen) atoms. The second kappa shape index (κ2) is 8.64. The van der Waals surface area contributed by atoms with Crippen LogP contribution in [0, 0.1) is 0 Å². The smallest absolute Gasteiger partial charge is 0.227 e. The van der Waals surface area contributed by atoms with E-state index in [2.05, 4.69) is 32.4 Å². The van der Waals surface area contributed by atoms with E-state index in [4.69, 9.17) is 26.1 Å². The number of anilines is 3. The average Bonchev–Trinajstić information content (AvgIpc) is 3.26. The highest BCUT2D eigenvalue weighted by molar-refractivity contribution is 6.36. The van der Waals surface area contributed by atoms with Crippen molar-refractivity contribution in [3.05, 3.63) is 53.9 Å². The summed E-state index contributed by atoms with van der Waals surface area (Å²) in [6.07, 6.45) is 5.41. The van der Waals surface area contributed by atoms with Gasteiger partial charge in [0.15, 0.2) is 5.75 Å². The van der Waals surface area contributed by atoms with Crippen LogP contribution in [0.1, 0.15) is 0 Å². The van der Waals surface area contributed by atoms with Crippen molar-refractivity contribution in [1.29, 1.82) is 0 Å². The van der Waals surface area contributed by atoms with Crippen LogP contribution < -0.4 is 15.0 Å².